The Morgan fingerprint density at radius 2 is 2.00 bits per heavy atom. The quantitative estimate of drug-likeness (QED) is 0.493. The Bertz CT molecular complexity index is 32.7. The molecular weight excluding hydrogens is 156 g/mol. The normalized spacial score (nSPS) is 9.75. The summed E-state index contributed by atoms with van der Waals surface area (Å²) >= 11 is 7.98. The summed E-state index contributed by atoms with van der Waals surface area (Å²) in [5.74, 6) is 4.77. The molecule has 0 bridgehead atoms. The molecule has 3 heteroatoms. The highest BCUT2D eigenvalue weighted by Crippen LogP contribution is 2.03. The van der Waals surface area contributed by atoms with E-state index in [4.69, 9.17) is 0 Å². The molecule has 0 aromatic rings. The Hall–Kier alpha value is 1.05. The summed E-state index contributed by atoms with van der Waals surface area (Å²) in [7, 11) is 0. The molecule has 0 aromatic heterocycles. The third-order valence-electron chi connectivity index (χ3n) is 0.667. The van der Waals surface area contributed by atoms with Crippen LogP contribution in [0.1, 0.15) is 0 Å². The average Bonchev–Trinajstić information content (AvgIpc) is 1.81. The fourth-order valence-electron chi connectivity index (χ4n) is 0.309. The maximum Gasteiger partial charge on any atom is 0.00237 e. The first-order valence-corrected chi connectivity index (χ1v) is 5.77. The average molecular weight is 168 g/mol. The molecule has 0 atom stereocenters. The van der Waals surface area contributed by atoms with Gasteiger partial charge in [-0.25, -0.2) is 0 Å². The van der Waals surface area contributed by atoms with Gasteiger partial charge < -0.3 is 0 Å². The van der Waals surface area contributed by atoms with Crippen LogP contribution in [0.4, 0.5) is 0 Å². The summed E-state index contributed by atoms with van der Waals surface area (Å²) in [6, 6.07) is 0. The van der Waals surface area contributed by atoms with Gasteiger partial charge in [-0.3, -0.25) is 0 Å². The van der Waals surface area contributed by atoms with Crippen LogP contribution in [-0.4, -0.2) is 29.3 Å². The summed E-state index contributed by atoms with van der Waals surface area (Å²) in [6.07, 6.45) is 2.14. The van der Waals surface area contributed by atoms with Crippen molar-refractivity contribution in [2.24, 2.45) is 0 Å². The van der Waals surface area contributed by atoms with Gasteiger partial charge in [-0.05, 0) is 12.0 Å². The van der Waals surface area contributed by atoms with Crippen LogP contribution < -0.4 is 0 Å². The van der Waals surface area contributed by atoms with E-state index < -0.39 is 0 Å². The van der Waals surface area contributed by atoms with Gasteiger partial charge in [-0.1, -0.05) is 0 Å². The van der Waals surface area contributed by atoms with Crippen molar-refractivity contribution in [3.05, 3.63) is 0 Å². The second-order valence-corrected chi connectivity index (χ2v) is 3.99. The third-order valence-corrected chi connectivity index (χ3v) is 3.05. The molecule has 0 saturated heterocycles. The van der Waals surface area contributed by atoms with Crippen molar-refractivity contribution < 1.29 is 0 Å². The van der Waals surface area contributed by atoms with Crippen molar-refractivity contribution in [2.75, 3.05) is 29.3 Å². The monoisotopic (exact) mass is 168 g/mol. The first-order valence-electron chi connectivity index (χ1n) is 2.59. The molecule has 0 fully saturated rings. The van der Waals surface area contributed by atoms with Gasteiger partial charge in [0.2, 0.25) is 0 Å². The van der Waals surface area contributed by atoms with Crippen LogP contribution in [0.2, 0.25) is 0 Å². The van der Waals surface area contributed by atoms with Gasteiger partial charge in [-0.15, -0.1) is 0 Å². The van der Waals surface area contributed by atoms with Gasteiger partial charge in [-0.2, -0.15) is 36.2 Å². The highest BCUT2D eigenvalue weighted by atomic mass is 32.2. The van der Waals surface area contributed by atoms with Crippen LogP contribution >= 0.6 is 36.2 Å². The lowest BCUT2D eigenvalue weighted by Gasteiger charge is -1.93. The molecule has 0 rings (SSSR count). The minimum atomic E-state index is 1.01. The van der Waals surface area contributed by atoms with Crippen LogP contribution in [0.3, 0.4) is 0 Å². The predicted molar refractivity (Wildman–Crippen MR) is 49.6 cm³/mol. The van der Waals surface area contributed by atoms with Crippen molar-refractivity contribution in [3.8, 4) is 0 Å². The number of hydrogen-bond acceptors (Lipinski definition) is 3. The number of rotatable bonds is 5. The fourth-order valence-corrected chi connectivity index (χ4v) is 2.17. The maximum absolute atomic E-state index is 4.10. The number of thioether (sulfide) groups is 2. The number of thiol groups is 1. The highest BCUT2D eigenvalue weighted by Gasteiger charge is 1.83. The van der Waals surface area contributed by atoms with E-state index in [2.05, 4.69) is 18.9 Å². The van der Waals surface area contributed by atoms with Crippen molar-refractivity contribution in [3.63, 3.8) is 0 Å². The Kier molecular flexibility index (Phi) is 9.11. The minimum absolute atomic E-state index is 1.01. The molecule has 0 N–H and O–H groups in total. The molecule has 0 nitrogen and oxygen atoms in total. The van der Waals surface area contributed by atoms with Gasteiger partial charge in [0.05, 0.1) is 0 Å². The van der Waals surface area contributed by atoms with Crippen molar-refractivity contribution >= 4 is 36.2 Å². The van der Waals surface area contributed by atoms with Gasteiger partial charge in [0.15, 0.2) is 0 Å². The lowest BCUT2D eigenvalue weighted by molar-refractivity contribution is 1.50. The second-order valence-electron chi connectivity index (χ2n) is 1.33. The van der Waals surface area contributed by atoms with Crippen molar-refractivity contribution in [1.82, 2.24) is 0 Å². The largest absolute Gasteiger partial charge is 0.179 e. The van der Waals surface area contributed by atoms with Crippen molar-refractivity contribution in [2.45, 2.75) is 0 Å². The van der Waals surface area contributed by atoms with Gasteiger partial charge >= 0.3 is 0 Å². The zero-order valence-electron chi connectivity index (χ0n) is 5.09. The van der Waals surface area contributed by atoms with E-state index in [0.29, 0.717) is 0 Å². The number of hydrogen-bond donors (Lipinski definition) is 1. The zero-order valence-corrected chi connectivity index (χ0v) is 7.62. The lowest BCUT2D eigenvalue weighted by Crippen LogP contribution is -1.85. The Labute approximate surface area is 65.6 Å². The first-order chi connectivity index (χ1) is 3.91. The Morgan fingerprint density at radius 3 is 2.50 bits per heavy atom. The molecule has 0 aliphatic heterocycles. The van der Waals surface area contributed by atoms with E-state index in [1.807, 2.05) is 23.5 Å². The van der Waals surface area contributed by atoms with E-state index in [1.165, 1.54) is 17.3 Å². The first kappa shape index (κ1) is 9.05. The molecule has 0 aromatic carbocycles. The van der Waals surface area contributed by atoms with E-state index in [-0.39, 0.29) is 0 Å². The molecule has 0 aliphatic carbocycles. The Balaban J connectivity index is 2.53. The van der Waals surface area contributed by atoms with Gasteiger partial charge in [0.1, 0.15) is 0 Å². The van der Waals surface area contributed by atoms with Crippen LogP contribution in [0, 0.1) is 0 Å². The molecule has 8 heavy (non-hydrogen) atoms. The summed E-state index contributed by atoms with van der Waals surface area (Å²) in [5.41, 5.74) is 0. The summed E-state index contributed by atoms with van der Waals surface area (Å²) < 4.78 is 0. The van der Waals surface area contributed by atoms with E-state index in [9.17, 15) is 0 Å². The topological polar surface area (TPSA) is 0 Å². The molecule has 0 unspecified atom stereocenters. The predicted octanol–water partition coefficient (Wildman–Crippen LogP) is 2.01. The standard InChI is InChI=1S/C5H12S3/c1-7-4-5-8-3-2-6/h6H,2-5H2,1H3. The summed E-state index contributed by atoms with van der Waals surface area (Å²) in [6.45, 7) is 0. The van der Waals surface area contributed by atoms with Gasteiger partial charge in [0, 0.05) is 17.3 Å². The van der Waals surface area contributed by atoms with Crippen LogP contribution in [0.5, 0.6) is 0 Å². The van der Waals surface area contributed by atoms with Crippen LogP contribution in [0.25, 0.3) is 0 Å². The molecule has 0 radical (unpaired) electrons. The zero-order chi connectivity index (χ0) is 6.24. The molecule has 0 amide bonds. The SMILES string of the molecule is CSCCSCCS. The lowest BCUT2D eigenvalue weighted by atomic mass is 10.9. The smallest absolute Gasteiger partial charge is 0.00237 e. The Morgan fingerprint density at radius 1 is 1.25 bits per heavy atom. The van der Waals surface area contributed by atoms with E-state index in [0.717, 1.165) is 5.75 Å². The van der Waals surface area contributed by atoms with Crippen molar-refractivity contribution in [1.29, 1.82) is 0 Å². The minimum Gasteiger partial charge on any atom is -0.179 e. The molecule has 0 heterocycles. The van der Waals surface area contributed by atoms with E-state index >= 15 is 0 Å². The summed E-state index contributed by atoms with van der Waals surface area (Å²) in [4.78, 5) is 0. The molecule has 0 saturated carbocycles. The molecule has 0 aliphatic rings. The second kappa shape index (κ2) is 8.05. The van der Waals surface area contributed by atoms with Crippen LogP contribution in [-0.2, 0) is 0 Å². The maximum atomic E-state index is 4.10. The fraction of sp³-hybridized carbons (Fsp3) is 1.00. The van der Waals surface area contributed by atoms with Crippen LogP contribution in [0.15, 0.2) is 0 Å². The highest BCUT2D eigenvalue weighted by molar-refractivity contribution is 8.02. The molecule has 0 spiro atoms. The molecule has 50 valence electrons. The van der Waals surface area contributed by atoms with Gasteiger partial charge in [0.25, 0.3) is 0 Å². The summed E-state index contributed by atoms with van der Waals surface area (Å²) in [5, 5.41) is 0. The third kappa shape index (κ3) is 7.05. The molecular formula is C5H12S3. The van der Waals surface area contributed by atoms with E-state index in [1.54, 1.807) is 0 Å².